The minimum atomic E-state index is -1.50. The van der Waals surface area contributed by atoms with E-state index < -0.39 is 42.6 Å². The lowest BCUT2D eigenvalue weighted by molar-refractivity contribution is -0.293. The Balaban J connectivity index is 1.63. The molecule has 0 radical (unpaired) electrons. The summed E-state index contributed by atoms with van der Waals surface area (Å²) < 4.78 is 21.2. The fourth-order valence-corrected chi connectivity index (χ4v) is 2.94. The van der Waals surface area contributed by atoms with Crippen LogP contribution in [-0.2, 0) is 18.9 Å². The van der Waals surface area contributed by atoms with E-state index in [0.717, 1.165) is 0 Å². The van der Waals surface area contributed by atoms with Crippen molar-refractivity contribution >= 4 is 11.9 Å². The van der Waals surface area contributed by atoms with Crippen LogP contribution in [0.5, 0.6) is 0 Å². The summed E-state index contributed by atoms with van der Waals surface area (Å²) in [6.45, 7) is -0.314. The van der Waals surface area contributed by atoms with Crippen LogP contribution in [0.15, 0.2) is 60.7 Å². The molecule has 0 aliphatic carbocycles. The lowest BCUT2D eigenvalue weighted by Crippen LogP contribution is -2.60. The highest BCUT2D eigenvalue weighted by molar-refractivity contribution is 5.89. The summed E-state index contributed by atoms with van der Waals surface area (Å²) >= 11 is 0. The second kappa shape index (κ2) is 9.62. The minimum Gasteiger partial charge on any atom is -0.459 e. The molecule has 1 saturated heterocycles. The Morgan fingerprint density at radius 1 is 0.897 bits per heavy atom. The number of aliphatic hydroxyl groups excluding tert-OH is 2. The molecule has 154 valence electrons. The van der Waals surface area contributed by atoms with Crippen LogP contribution in [0.1, 0.15) is 20.7 Å². The summed E-state index contributed by atoms with van der Waals surface area (Å²) in [5.74, 6) is -1.29. The van der Waals surface area contributed by atoms with E-state index in [1.165, 1.54) is 7.11 Å². The predicted octanol–water partition coefficient (Wildman–Crippen LogP) is 1.16. The largest absolute Gasteiger partial charge is 0.459 e. The van der Waals surface area contributed by atoms with Crippen LogP contribution in [0.3, 0.4) is 0 Å². The van der Waals surface area contributed by atoms with E-state index >= 15 is 0 Å². The van der Waals surface area contributed by atoms with Gasteiger partial charge in [0.25, 0.3) is 0 Å². The molecule has 0 saturated carbocycles. The standard InChI is InChI=1S/C21H22O8/c1-26-21-18(29-20(25)14-10-6-3-7-11-14)17(23)16(22)15(28-21)12-27-19(24)13-8-4-2-5-9-13/h2-11,15-18,21-23H,12H2,1H3/t15-,16-,17+,18-,21+/m1/s1. The highest BCUT2D eigenvalue weighted by Gasteiger charge is 2.47. The van der Waals surface area contributed by atoms with Crippen molar-refractivity contribution in [2.45, 2.75) is 30.7 Å². The van der Waals surface area contributed by atoms with E-state index in [0.29, 0.717) is 5.56 Å². The van der Waals surface area contributed by atoms with Crippen LogP contribution in [0.2, 0.25) is 0 Å². The molecule has 2 aromatic carbocycles. The maximum absolute atomic E-state index is 12.3. The summed E-state index contributed by atoms with van der Waals surface area (Å²) in [7, 11) is 1.31. The Morgan fingerprint density at radius 3 is 2.00 bits per heavy atom. The summed E-state index contributed by atoms with van der Waals surface area (Å²) in [5.41, 5.74) is 0.624. The van der Waals surface area contributed by atoms with Gasteiger partial charge in [0.1, 0.15) is 24.9 Å². The molecule has 2 aromatic rings. The van der Waals surface area contributed by atoms with Gasteiger partial charge < -0.3 is 29.2 Å². The zero-order valence-electron chi connectivity index (χ0n) is 15.7. The van der Waals surface area contributed by atoms with Gasteiger partial charge in [-0.1, -0.05) is 36.4 Å². The van der Waals surface area contributed by atoms with Gasteiger partial charge in [0.2, 0.25) is 0 Å². The number of carbonyl (C=O) groups excluding carboxylic acids is 2. The summed E-state index contributed by atoms with van der Waals surface area (Å²) in [4.78, 5) is 24.4. The first-order valence-electron chi connectivity index (χ1n) is 9.04. The first kappa shape index (κ1) is 20.9. The highest BCUT2D eigenvalue weighted by Crippen LogP contribution is 2.25. The molecule has 1 fully saturated rings. The van der Waals surface area contributed by atoms with Crippen molar-refractivity contribution in [3.05, 3.63) is 71.8 Å². The second-order valence-electron chi connectivity index (χ2n) is 6.46. The van der Waals surface area contributed by atoms with Crippen LogP contribution >= 0.6 is 0 Å². The fourth-order valence-electron chi connectivity index (χ4n) is 2.94. The minimum absolute atomic E-state index is 0.281. The molecule has 1 heterocycles. The fraction of sp³-hybridized carbons (Fsp3) is 0.333. The molecule has 5 atom stereocenters. The number of rotatable bonds is 6. The quantitative estimate of drug-likeness (QED) is 0.693. The third kappa shape index (κ3) is 4.99. The molecule has 1 aliphatic rings. The van der Waals surface area contributed by atoms with Crippen molar-refractivity contribution in [3.63, 3.8) is 0 Å². The van der Waals surface area contributed by atoms with Crippen LogP contribution in [0.25, 0.3) is 0 Å². The molecule has 1 aliphatic heterocycles. The van der Waals surface area contributed by atoms with Crippen molar-refractivity contribution in [3.8, 4) is 0 Å². The van der Waals surface area contributed by atoms with Gasteiger partial charge in [0, 0.05) is 7.11 Å². The maximum Gasteiger partial charge on any atom is 0.338 e. The third-order valence-electron chi connectivity index (χ3n) is 4.52. The van der Waals surface area contributed by atoms with E-state index in [9.17, 15) is 19.8 Å². The SMILES string of the molecule is CO[C@H]1O[C@H](COC(=O)c2ccccc2)[C@@H](O)[C@H](O)[C@H]1OC(=O)c1ccccc1. The monoisotopic (exact) mass is 402 g/mol. The molecule has 8 heteroatoms. The van der Waals surface area contributed by atoms with Crippen molar-refractivity contribution in [1.29, 1.82) is 0 Å². The first-order valence-corrected chi connectivity index (χ1v) is 9.04. The number of aliphatic hydroxyl groups is 2. The zero-order valence-corrected chi connectivity index (χ0v) is 15.7. The Labute approximate surface area is 167 Å². The number of hydrogen-bond acceptors (Lipinski definition) is 8. The summed E-state index contributed by atoms with van der Waals surface area (Å²) in [6, 6.07) is 16.5. The lowest BCUT2D eigenvalue weighted by Gasteiger charge is -2.41. The van der Waals surface area contributed by atoms with Gasteiger partial charge >= 0.3 is 11.9 Å². The number of carbonyl (C=O) groups is 2. The number of benzene rings is 2. The Kier molecular flexibility index (Phi) is 6.95. The van der Waals surface area contributed by atoms with Gasteiger partial charge in [-0.2, -0.15) is 0 Å². The number of esters is 2. The van der Waals surface area contributed by atoms with Crippen molar-refractivity contribution in [2.24, 2.45) is 0 Å². The highest BCUT2D eigenvalue weighted by atomic mass is 16.7. The molecule has 0 amide bonds. The van der Waals surface area contributed by atoms with Crippen LogP contribution in [0, 0.1) is 0 Å². The van der Waals surface area contributed by atoms with Crippen molar-refractivity contribution < 1.29 is 38.7 Å². The smallest absolute Gasteiger partial charge is 0.338 e. The van der Waals surface area contributed by atoms with E-state index in [4.69, 9.17) is 18.9 Å². The predicted molar refractivity (Wildman–Crippen MR) is 100 cm³/mol. The normalized spacial score (nSPS) is 26.5. The molecule has 0 unspecified atom stereocenters. The Bertz CT molecular complexity index is 806. The summed E-state index contributed by atoms with van der Waals surface area (Å²) in [5, 5.41) is 20.8. The van der Waals surface area contributed by atoms with E-state index in [2.05, 4.69) is 0 Å². The average molecular weight is 402 g/mol. The Hall–Kier alpha value is -2.78. The van der Waals surface area contributed by atoms with Crippen LogP contribution < -0.4 is 0 Å². The zero-order chi connectivity index (χ0) is 20.8. The summed E-state index contributed by atoms with van der Waals surface area (Å²) in [6.07, 6.45) is -6.43. The van der Waals surface area contributed by atoms with Gasteiger partial charge in [0.05, 0.1) is 11.1 Å². The van der Waals surface area contributed by atoms with E-state index in [1.807, 2.05) is 0 Å². The molecule has 2 N–H and O–H groups in total. The van der Waals surface area contributed by atoms with Crippen LogP contribution in [0.4, 0.5) is 0 Å². The lowest BCUT2D eigenvalue weighted by atomic mass is 9.99. The molecule has 0 aromatic heterocycles. The van der Waals surface area contributed by atoms with Crippen LogP contribution in [-0.4, -0.2) is 66.6 Å². The average Bonchev–Trinajstić information content (AvgIpc) is 2.77. The molecule has 0 bridgehead atoms. The molecule has 29 heavy (non-hydrogen) atoms. The van der Waals surface area contributed by atoms with Gasteiger partial charge in [-0.05, 0) is 24.3 Å². The van der Waals surface area contributed by atoms with Gasteiger partial charge in [-0.3, -0.25) is 0 Å². The Morgan fingerprint density at radius 2 is 1.45 bits per heavy atom. The van der Waals surface area contributed by atoms with Gasteiger partial charge in [-0.15, -0.1) is 0 Å². The van der Waals surface area contributed by atoms with Crippen molar-refractivity contribution in [1.82, 2.24) is 0 Å². The molecular formula is C21H22O8. The first-order chi connectivity index (χ1) is 14.0. The maximum atomic E-state index is 12.3. The number of hydrogen-bond donors (Lipinski definition) is 2. The van der Waals surface area contributed by atoms with Gasteiger partial charge in [0.15, 0.2) is 12.4 Å². The van der Waals surface area contributed by atoms with Crippen molar-refractivity contribution in [2.75, 3.05) is 13.7 Å². The number of ether oxygens (including phenoxy) is 4. The third-order valence-corrected chi connectivity index (χ3v) is 4.52. The second-order valence-corrected chi connectivity index (χ2v) is 6.46. The van der Waals surface area contributed by atoms with E-state index in [-0.39, 0.29) is 12.2 Å². The molecule has 8 nitrogen and oxygen atoms in total. The number of methoxy groups -OCH3 is 1. The van der Waals surface area contributed by atoms with Gasteiger partial charge in [-0.25, -0.2) is 9.59 Å². The molecule has 3 rings (SSSR count). The van der Waals surface area contributed by atoms with E-state index in [1.54, 1.807) is 60.7 Å². The molecular weight excluding hydrogens is 380 g/mol. The molecule has 0 spiro atoms. The topological polar surface area (TPSA) is 112 Å².